The molecule has 0 saturated carbocycles. The van der Waals surface area contributed by atoms with Crippen molar-refractivity contribution < 1.29 is 25.9 Å². The first-order valence-electron chi connectivity index (χ1n) is 4.43. The molecule has 0 saturated heterocycles. The van der Waals surface area contributed by atoms with Gasteiger partial charge in [0, 0.05) is 0 Å². The van der Waals surface area contributed by atoms with E-state index in [-0.39, 0.29) is 11.5 Å². The molecule has 0 heterocycles. The van der Waals surface area contributed by atoms with Gasteiger partial charge in [0.25, 0.3) is 20.2 Å². The Kier molecular flexibility index (Phi) is 10.0. The summed E-state index contributed by atoms with van der Waals surface area (Å²) in [5.41, 5.74) is 9.92. The Hall–Kier alpha value is -0.260. The van der Waals surface area contributed by atoms with E-state index in [4.69, 9.17) is 20.6 Å². The normalized spacial score (nSPS) is 11.8. The van der Waals surface area contributed by atoms with Gasteiger partial charge in [-0.2, -0.15) is 16.8 Å². The molecular formula is C6H18N2O6S2. The summed E-state index contributed by atoms with van der Waals surface area (Å²) in [6.45, 7) is 0.583. The minimum absolute atomic E-state index is 0.233. The van der Waals surface area contributed by atoms with Crippen molar-refractivity contribution in [3.05, 3.63) is 0 Å². The first-order chi connectivity index (χ1) is 7.12. The van der Waals surface area contributed by atoms with Crippen LogP contribution in [0.15, 0.2) is 0 Å². The summed E-state index contributed by atoms with van der Waals surface area (Å²) in [7, 11) is -7.53. The number of hydrogen-bond donors (Lipinski definition) is 4. The fourth-order valence-electron chi connectivity index (χ4n) is 0.531. The summed E-state index contributed by atoms with van der Waals surface area (Å²) < 4.78 is 55.7. The summed E-state index contributed by atoms with van der Waals surface area (Å²) in [6, 6.07) is 0. The number of hydrogen-bond acceptors (Lipinski definition) is 6. The van der Waals surface area contributed by atoms with E-state index in [1.807, 2.05) is 0 Å². The van der Waals surface area contributed by atoms with E-state index in [9.17, 15) is 16.8 Å². The molecule has 0 aliphatic rings. The Morgan fingerprint density at radius 1 is 0.750 bits per heavy atom. The predicted octanol–water partition coefficient (Wildman–Crippen LogP) is -1.55. The highest BCUT2D eigenvalue weighted by atomic mass is 32.2. The molecule has 10 heteroatoms. The quantitative estimate of drug-likeness (QED) is 0.424. The molecule has 0 aliphatic heterocycles. The van der Waals surface area contributed by atoms with E-state index >= 15 is 0 Å². The van der Waals surface area contributed by atoms with Crippen LogP contribution >= 0.6 is 0 Å². The lowest BCUT2D eigenvalue weighted by molar-refractivity contribution is 0.479. The third-order valence-electron chi connectivity index (χ3n) is 1.21. The van der Waals surface area contributed by atoms with Crippen molar-refractivity contribution in [1.29, 1.82) is 0 Å². The van der Waals surface area contributed by atoms with Gasteiger partial charge in [0.15, 0.2) is 0 Å². The minimum Gasteiger partial charge on any atom is -0.330 e. The second-order valence-corrected chi connectivity index (χ2v) is 6.00. The van der Waals surface area contributed by atoms with Gasteiger partial charge in [0.2, 0.25) is 0 Å². The highest BCUT2D eigenvalue weighted by Gasteiger charge is 2.00. The molecule has 0 radical (unpaired) electrons. The molecule has 0 spiro atoms. The van der Waals surface area contributed by atoms with Crippen LogP contribution in [-0.4, -0.2) is 50.5 Å². The maximum absolute atomic E-state index is 9.89. The maximum atomic E-state index is 9.89. The van der Waals surface area contributed by atoms with E-state index in [1.165, 1.54) is 0 Å². The molecule has 0 atom stereocenters. The third-order valence-corrected chi connectivity index (χ3v) is 2.82. The molecule has 16 heavy (non-hydrogen) atoms. The van der Waals surface area contributed by atoms with Crippen molar-refractivity contribution in [2.75, 3.05) is 24.6 Å². The first-order valence-corrected chi connectivity index (χ1v) is 7.64. The molecule has 6 N–H and O–H groups in total. The van der Waals surface area contributed by atoms with E-state index < -0.39 is 20.2 Å². The molecule has 100 valence electrons. The van der Waals surface area contributed by atoms with Crippen molar-refractivity contribution in [2.45, 2.75) is 12.8 Å². The van der Waals surface area contributed by atoms with Crippen molar-refractivity contribution in [3.8, 4) is 0 Å². The summed E-state index contributed by atoms with van der Waals surface area (Å²) in [6.07, 6.45) is 0.637. The molecule has 0 aromatic heterocycles. The lowest BCUT2D eigenvalue weighted by Crippen LogP contribution is -2.09. The summed E-state index contributed by atoms with van der Waals surface area (Å²) in [5, 5.41) is 0. The number of nitrogens with two attached hydrogens (primary N) is 2. The second kappa shape index (κ2) is 8.84. The van der Waals surface area contributed by atoms with E-state index in [1.54, 1.807) is 0 Å². The average Bonchev–Trinajstić information content (AvgIpc) is 2.10. The second-order valence-electron chi connectivity index (χ2n) is 2.86. The van der Waals surface area contributed by atoms with Crippen LogP contribution in [0.4, 0.5) is 0 Å². The Balaban J connectivity index is 0. The van der Waals surface area contributed by atoms with Gasteiger partial charge in [0.05, 0.1) is 11.5 Å². The number of rotatable bonds is 6. The Bertz CT molecular complexity index is 313. The predicted molar refractivity (Wildman–Crippen MR) is 60.2 cm³/mol. The zero-order valence-electron chi connectivity index (χ0n) is 8.74. The SMILES string of the molecule is NCCCS(=O)(=O)O.NCCCS(=O)(=O)O. The maximum Gasteiger partial charge on any atom is 0.264 e. The summed E-state index contributed by atoms with van der Waals surface area (Å²) in [5.74, 6) is -0.465. The molecule has 0 fully saturated rings. The Labute approximate surface area is 95.5 Å². The standard InChI is InChI=1S/2C3H9NO3S/c2*4-2-1-3-8(5,6)7/h2*1-4H2,(H,5,6,7). The Morgan fingerprint density at radius 2 is 1.00 bits per heavy atom. The van der Waals surface area contributed by atoms with Gasteiger partial charge < -0.3 is 11.5 Å². The van der Waals surface area contributed by atoms with Gasteiger partial charge in [-0.05, 0) is 25.9 Å². The molecule has 0 rings (SSSR count). The van der Waals surface area contributed by atoms with E-state index in [0.717, 1.165) is 0 Å². The van der Waals surface area contributed by atoms with Crippen LogP contribution in [0.2, 0.25) is 0 Å². The highest BCUT2D eigenvalue weighted by Crippen LogP contribution is 1.84. The van der Waals surface area contributed by atoms with Crippen LogP contribution in [0.5, 0.6) is 0 Å². The smallest absolute Gasteiger partial charge is 0.264 e. The molecule has 0 aliphatic carbocycles. The van der Waals surface area contributed by atoms with E-state index in [2.05, 4.69) is 0 Å². The van der Waals surface area contributed by atoms with Crippen LogP contribution in [-0.2, 0) is 20.2 Å². The molecular weight excluding hydrogens is 260 g/mol. The Morgan fingerprint density at radius 3 is 1.06 bits per heavy atom. The molecule has 0 aromatic carbocycles. The topological polar surface area (TPSA) is 161 Å². The fourth-order valence-corrected chi connectivity index (χ4v) is 1.59. The highest BCUT2D eigenvalue weighted by molar-refractivity contribution is 7.86. The van der Waals surface area contributed by atoms with Gasteiger partial charge in [-0.3, -0.25) is 9.11 Å². The van der Waals surface area contributed by atoms with Gasteiger partial charge >= 0.3 is 0 Å². The van der Waals surface area contributed by atoms with Crippen molar-refractivity contribution in [3.63, 3.8) is 0 Å². The van der Waals surface area contributed by atoms with Crippen LogP contribution < -0.4 is 11.5 Å². The average molecular weight is 278 g/mol. The van der Waals surface area contributed by atoms with Crippen molar-refractivity contribution in [2.24, 2.45) is 11.5 Å². The zero-order valence-corrected chi connectivity index (χ0v) is 10.4. The van der Waals surface area contributed by atoms with Gasteiger partial charge in [-0.15, -0.1) is 0 Å². The van der Waals surface area contributed by atoms with E-state index in [0.29, 0.717) is 25.9 Å². The third kappa shape index (κ3) is 23.5. The molecule has 0 aromatic rings. The van der Waals surface area contributed by atoms with Gasteiger partial charge in [-0.25, -0.2) is 0 Å². The van der Waals surface area contributed by atoms with Gasteiger partial charge in [0.1, 0.15) is 0 Å². The van der Waals surface area contributed by atoms with Crippen LogP contribution in [0.1, 0.15) is 12.8 Å². The summed E-state index contributed by atoms with van der Waals surface area (Å²) >= 11 is 0. The molecule has 0 unspecified atom stereocenters. The van der Waals surface area contributed by atoms with Gasteiger partial charge in [-0.1, -0.05) is 0 Å². The largest absolute Gasteiger partial charge is 0.330 e. The van der Waals surface area contributed by atoms with Crippen molar-refractivity contribution in [1.82, 2.24) is 0 Å². The fraction of sp³-hybridized carbons (Fsp3) is 1.00. The monoisotopic (exact) mass is 278 g/mol. The molecule has 8 nitrogen and oxygen atoms in total. The first kappa shape index (κ1) is 18.1. The zero-order chi connectivity index (χ0) is 13.2. The molecule has 0 bridgehead atoms. The van der Waals surface area contributed by atoms with Crippen molar-refractivity contribution >= 4 is 20.2 Å². The van der Waals surface area contributed by atoms with Crippen LogP contribution in [0.3, 0.4) is 0 Å². The minimum atomic E-state index is -3.77. The summed E-state index contributed by atoms with van der Waals surface area (Å²) in [4.78, 5) is 0. The molecule has 0 amide bonds. The lowest BCUT2D eigenvalue weighted by Gasteiger charge is -1.90. The van der Waals surface area contributed by atoms with Crippen LogP contribution in [0, 0.1) is 0 Å². The van der Waals surface area contributed by atoms with Crippen LogP contribution in [0.25, 0.3) is 0 Å². The lowest BCUT2D eigenvalue weighted by atomic mass is 10.5.